The number of unbranched alkanes of at least 4 members (excludes halogenated alkanes) is 2. The summed E-state index contributed by atoms with van der Waals surface area (Å²) in [4.78, 5) is 0. The first-order chi connectivity index (χ1) is 6.70. The average Bonchev–Trinajstić information content (AvgIpc) is 2.22. The van der Waals surface area contributed by atoms with Crippen molar-refractivity contribution in [2.45, 2.75) is 63.9 Å². The van der Waals surface area contributed by atoms with E-state index in [4.69, 9.17) is 6.42 Å². The van der Waals surface area contributed by atoms with E-state index in [1.165, 1.54) is 25.7 Å². The van der Waals surface area contributed by atoms with Crippen molar-refractivity contribution < 1.29 is 5.11 Å². The zero-order valence-corrected chi connectivity index (χ0v) is 9.26. The van der Waals surface area contributed by atoms with Gasteiger partial charge in [0.05, 0.1) is 0 Å². The molecule has 0 radical (unpaired) electrons. The van der Waals surface area contributed by atoms with Gasteiger partial charge in [-0.25, -0.2) is 0 Å². The second kappa shape index (κ2) is 5.41. The van der Waals surface area contributed by atoms with Crippen LogP contribution in [-0.4, -0.2) is 10.7 Å². The fourth-order valence-corrected chi connectivity index (χ4v) is 2.27. The van der Waals surface area contributed by atoms with Gasteiger partial charge in [-0.05, 0) is 31.6 Å². The van der Waals surface area contributed by atoms with Crippen molar-refractivity contribution in [3.8, 4) is 12.3 Å². The van der Waals surface area contributed by atoms with E-state index in [1.807, 2.05) is 0 Å². The lowest BCUT2D eigenvalue weighted by Crippen LogP contribution is -2.32. The molecule has 0 spiro atoms. The standard InChI is InChI=1S/C13H22O/c1-3-5-6-7-12-8-10-13(14,4-2)11-9-12/h2,12,14H,3,5-11H2,1H3. The van der Waals surface area contributed by atoms with Gasteiger partial charge in [0.25, 0.3) is 0 Å². The first-order valence-electron chi connectivity index (χ1n) is 5.90. The van der Waals surface area contributed by atoms with Gasteiger partial charge in [-0.15, -0.1) is 6.42 Å². The summed E-state index contributed by atoms with van der Waals surface area (Å²) in [5.74, 6) is 3.34. The molecule has 14 heavy (non-hydrogen) atoms. The molecule has 0 aromatic rings. The summed E-state index contributed by atoms with van der Waals surface area (Å²) in [6.07, 6.45) is 14.5. The quantitative estimate of drug-likeness (QED) is 0.538. The molecule has 1 heteroatoms. The van der Waals surface area contributed by atoms with Crippen LogP contribution in [0.4, 0.5) is 0 Å². The Hall–Kier alpha value is -0.480. The first kappa shape index (κ1) is 11.6. The largest absolute Gasteiger partial charge is 0.378 e. The van der Waals surface area contributed by atoms with Crippen molar-refractivity contribution in [2.75, 3.05) is 0 Å². The second-order valence-electron chi connectivity index (χ2n) is 4.62. The first-order valence-corrected chi connectivity index (χ1v) is 5.90. The van der Waals surface area contributed by atoms with E-state index in [2.05, 4.69) is 12.8 Å². The Kier molecular flexibility index (Phi) is 4.48. The monoisotopic (exact) mass is 194 g/mol. The second-order valence-corrected chi connectivity index (χ2v) is 4.62. The third-order valence-corrected chi connectivity index (χ3v) is 3.42. The summed E-state index contributed by atoms with van der Waals surface area (Å²) in [5, 5.41) is 9.83. The zero-order valence-electron chi connectivity index (χ0n) is 9.26. The van der Waals surface area contributed by atoms with Crippen LogP contribution in [0.3, 0.4) is 0 Å². The zero-order chi connectivity index (χ0) is 10.4. The topological polar surface area (TPSA) is 20.2 Å². The molecule has 0 aliphatic heterocycles. The molecule has 0 aromatic carbocycles. The van der Waals surface area contributed by atoms with Crippen molar-refractivity contribution in [1.82, 2.24) is 0 Å². The van der Waals surface area contributed by atoms with Crippen molar-refractivity contribution >= 4 is 0 Å². The van der Waals surface area contributed by atoms with E-state index >= 15 is 0 Å². The van der Waals surface area contributed by atoms with Gasteiger partial charge < -0.3 is 5.11 Å². The van der Waals surface area contributed by atoms with Crippen LogP contribution in [0.1, 0.15) is 58.3 Å². The molecular weight excluding hydrogens is 172 g/mol. The highest BCUT2D eigenvalue weighted by molar-refractivity contribution is 5.08. The van der Waals surface area contributed by atoms with Crippen LogP contribution in [-0.2, 0) is 0 Å². The Morgan fingerprint density at radius 1 is 1.36 bits per heavy atom. The van der Waals surface area contributed by atoms with Gasteiger partial charge in [0.15, 0.2) is 0 Å². The van der Waals surface area contributed by atoms with Crippen molar-refractivity contribution in [2.24, 2.45) is 5.92 Å². The molecule has 1 N–H and O–H groups in total. The molecule has 0 unspecified atom stereocenters. The molecule has 0 amide bonds. The molecule has 1 nitrogen and oxygen atoms in total. The van der Waals surface area contributed by atoms with Gasteiger partial charge in [-0.2, -0.15) is 0 Å². The Morgan fingerprint density at radius 2 is 2.00 bits per heavy atom. The van der Waals surface area contributed by atoms with Crippen LogP contribution in [0.25, 0.3) is 0 Å². The van der Waals surface area contributed by atoms with Crippen molar-refractivity contribution in [1.29, 1.82) is 0 Å². The minimum Gasteiger partial charge on any atom is -0.378 e. The fourth-order valence-electron chi connectivity index (χ4n) is 2.27. The maximum absolute atomic E-state index is 9.83. The summed E-state index contributed by atoms with van der Waals surface area (Å²) in [7, 11) is 0. The molecule has 80 valence electrons. The molecular formula is C13H22O. The van der Waals surface area contributed by atoms with Gasteiger partial charge in [0.2, 0.25) is 0 Å². The smallest absolute Gasteiger partial charge is 0.125 e. The lowest BCUT2D eigenvalue weighted by atomic mass is 9.77. The highest BCUT2D eigenvalue weighted by atomic mass is 16.3. The van der Waals surface area contributed by atoms with E-state index in [9.17, 15) is 5.11 Å². The molecule has 0 aromatic heterocycles. The molecule has 0 heterocycles. The summed E-state index contributed by atoms with van der Waals surface area (Å²) >= 11 is 0. The van der Waals surface area contributed by atoms with Gasteiger partial charge in [-0.3, -0.25) is 0 Å². The number of terminal acetylenes is 1. The third kappa shape index (κ3) is 3.35. The minimum atomic E-state index is -0.777. The van der Waals surface area contributed by atoms with E-state index in [1.54, 1.807) is 0 Å². The molecule has 0 bridgehead atoms. The van der Waals surface area contributed by atoms with Crippen LogP contribution < -0.4 is 0 Å². The summed E-state index contributed by atoms with van der Waals surface area (Å²) < 4.78 is 0. The van der Waals surface area contributed by atoms with Gasteiger partial charge in [0.1, 0.15) is 5.60 Å². The molecule has 0 atom stereocenters. The molecule has 1 saturated carbocycles. The predicted octanol–water partition coefficient (Wildman–Crippen LogP) is 3.12. The van der Waals surface area contributed by atoms with Crippen LogP contribution >= 0.6 is 0 Å². The molecule has 1 aliphatic rings. The van der Waals surface area contributed by atoms with Gasteiger partial charge >= 0.3 is 0 Å². The highest BCUT2D eigenvalue weighted by Gasteiger charge is 2.30. The number of aliphatic hydroxyl groups is 1. The Balaban J connectivity index is 2.20. The average molecular weight is 194 g/mol. The third-order valence-electron chi connectivity index (χ3n) is 3.42. The Morgan fingerprint density at radius 3 is 2.50 bits per heavy atom. The number of hydrogen-bond donors (Lipinski definition) is 1. The predicted molar refractivity (Wildman–Crippen MR) is 59.9 cm³/mol. The Bertz CT molecular complexity index is 194. The minimum absolute atomic E-state index is 0.777. The number of rotatable bonds is 4. The summed E-state index contributed by atoms with van der Waals surface area (Å²) in [6.45, 7) is 2.23. The lowest BCUT2D eigenvalue weighted by Gasteiger charge is -2.32. The van der Waals surface area contributed by atoms with E-state index < -0.39 is 5.60 Å². The van der Waals surface area contributed by atoms with Crippen molar-refractivity contribution in [3.05, 3.63) is 0 Å². The van der Waals surface area contributed by atoms with E-state index in [0.717, 1.165) is 31.6 Å². The SMILES string of the molecule is C#CC1(O)CCC(CCCCC)CC1. The fraction of sp³-hybridized carbons (Fsp3) is 0.846. The van der Waals surface area contributed by atoms with Crippen LogP contribution in [0.2, 0.25) is 0 Å². The Labute approximate surface area is 87.9 Å². The van der Waals surface area contributed by atoms with Gasteiger partial charge in [-0.1, -0.05) is 38.5 Å². The molecule has 1 aliphatic carbocycles. The molecule has 1 rings (SSSR count). The maximum Gasteiger partial charge on any atom is 0.125 e. The van der Waals surface area contributed by atoms with E-state index in [-0.39, 0.29) is 0 Å². The van der Waals surface area contributed by atoms with E-state index in [0.29, 0.717) is 0 Å². The normalized spacial score (nSPS) is 32.5. The molecule has 1 fully saturated rings. The van der Waals surface area contributed by atoms with Gasteiger partial charge in [0, 0.05) is 0 Å². The summed E-state index contributed by atoms with van der Waals surface area (Å²) in [5.41, 5.74) is -0.777. The summed E-state index contributed by atoms with van der Waals surface area (Å²) in [6, 6.07) is 0. The van der Waals surface area contributed by atoms with Crippen molar-refractivity contribution in [3.63, 3.8) is 0 Å². The van der Waals surface area contributed by atoms with Crippen LogP contribution in [0, 0.1) is 18.3 Å². The lowest BCUT2D eigenvalue weighted by molar-refractivity contribution is 0.0425. The highest BCUT2D eigenvalue weighted by Crippen LogP contribution is 2.34. The van der Waals surface area contributed by atoms with Crippen LogP contribution in [0.5, 0.6) is 0 Å². The maximum atomic E-state index is 9.83. The number of hydrogen-bond acceptors (Lipinski definition) is 1. The molecule has 0 saturated heterocycles. The van der Waals surface area contributed by atoms with Crippen LogP contribution in [0.15, 0.2) is 0 Å².